The Morgan fingerprint density at radius 2 is 1.00 bits per heavy atom. The van der Waals surface area contributed by atoms with Crippen LogP contribution in [0.3, 0.4) is 0 Å². The minimum atomic E-state index is -1.43. The van der Waals surface area contributed by atoms with Crippen LogP contribution in [0.15, 0.2) is 170 Å². The van der Waals surface area contributed by atoms with E-state index >= 15 is 0 Å². The molecule has 0 aliphatic carbocycles. The van der Waals surface area contributed by atoms with Gasteiger partial charge in [0.2, 0.25) is 0 Å². The van der Waals surface area contributed by atoms with Crippen molar-refractivity contribution in [1.29, 1.82) is 0 Å². The van der Waals surface area contributed by atoms with Crippen LogP contribution in [-0.2, 0) is 0 Å². The van der Waals surface area contributed by atoms with Crippen molar-refractivity contribution in [1.82, 2.24) is 9.97 Å². The summed E-state index contributed by atoms with van der Waals surface area (Å²) in [5.41, 5.74) is 14.0. The summed E-state index contributed by atoms with van der Waals surface area (Å²) < 4.78 is 12.6. The Kier molecular flexibility index (Phi) is 11.5. The average molecular weight is 1010 g/mol. The first-order valence-corrected chi connectivity index (χ1v) is 32.8. The summed E-state index contributed by atoms with van der Waals surface area (Å²) in [6.07, 6.45) is 3.94. The second kappa shape index (κ2) is 17.3. The molecule has 3 nitrogen and oxygen atoms in total. The standard InChI is InChI=1S/C58H52N2OSe2Si2/c1-37-29-42(21-24-53(37)65(6,7)8)52-36-43-25-27-59-54(57(43)62-52)46-30-44(39-15-11-9-12-16-39)32-48(34-46)61-49-33-45(40-17-13-10-14-18-40)31-47(35-49)55-58-51(26-28-60-55)38(2)56(63-58)41-19-22-50(23-20-41)64(3,4)5/h9-36H,1-8H3. The molecule has 10 aromatic rings. The van der Waals surface area contributed by atoms with Crippen LogP contribution in [0.1, 0.15) is 11.1 Å². The zero-order chi connectivity index (χ0) is 45.0. The number of ether oxygens (including phenoxy) is 1. The maximum atomic E-state index is 7.10. The Balaban J connectivity index is 1.08. The van der Waals surface area contributed by atoms with Crippen LogP contribution >= 0.6 is 0 Å². The van der Waals surface area contributed by atoms with Crippen molar-refractivity contribution in [3.63, 3.8) is 0 Å². The number of hydrogen-bond donors (Lipinski definition) is 0. The van der Waals surface area contributed by atoms with Crippen LogP contribution in [0.2, 0.25) is 39.3 Å². The average Bonchev–Trinajstić information content (AvgIpc) is 3.90. The summed E-state index contributed by atoms with van der Waals surface area (Å²) in [4.78, 5) is 10.2. The number of fused-ring (bicyclic) bond motifs is 2. The van der Waals surface area contributed by atoms with Gasteiger partial charge >= 0.3 is 400 Å². The number of nitrogens with zero attached hydrogens (tertiary/aromatic N) is 2. The SMILES string of the molecule is Cc1cc(-c2cc3ccnc(-c4cc(Oc5cc(-c6ccccc6)cc(-c6nccc7c(C)c(-c8ccc([Si](C)(C)C)cc8)[se]c67)c5)cc(-c5ccccc5)c4)c3[se]2)ccc1[Si](C)(C)C. The van der Waals surface area contributed by atoms with Crippen LogP contribution in [0.5, 0.6) is 11.5 Å². The molecule has 0 aliphatic heterocycles. The number of aryl methyl sites for hydroxylation is 2. The Labute approximate surface area is 397 Å². The van der Waals surface area contributed by atoms with Crippen molar-refractivity contribution in [2.75, 3.05) is 0 Å². The van der Waals surface area contributed by atoms with Gasteiger partial charge in [0.15, 0.2) is 0 Å². The van der Waals surface area contributed by atoms with Crippen LogP contribution in [0, 0.1) is 13.8 Å². The molecule has 7 heteroatoms. The fourth-order valence-corrected chi connectivity index (χ4v) is 17.3. The zero-order valence-electron chi connectivity index (χ0n) is 38.3. The Bertz CT molecular complexity index is 3380. The zero-order valence-corrected chi connectivity index (χ0v) is 43.7. The normalized spacial score (nSPS) is 12.0. The molecule has 0 amide bonds. The topological polar surface area (TPSA) is 35.0 Å². The van der Waals surface area contributed by atoms with Gasteiger partial charge in [0.1, 0.15) is 0 Å². The van der Waals surface area contributed by atoms with E-state index in [4.69, 9.17) is 14.7 Å². The molecule has 6 aromatic carbocycles. The van der Waals surface area contributed by atoms with Crippen molar-refractivity contribution < 1.29 is 4.74 Å². The van der Waals surface area contributed by atoms with Crippen molar-refractivity contribution in [3.8, 4) is 76.3 Å². The van der Waals surface area contributed by atoms with E-state index in [0.717, 1.165) is 56.3 Å². The van der Waals surface area contributed by atoms with Gasteiger partial charge in [-0.3, -0.25) is 0 Å². The summed E-state index contributed by atoms with van der Waals surface area (Å²) in [7, 11) is -2.83. The first kappa shape index (κ1) is 43.3. The van der Waals surface area contributed by atoms with Crippen molar-refractivity contribution in [3.05, 3.63) is 181 Å². The molecule has 10 rings (SSSR count). The van der Waals surface area contributed by atoms with Gasteiger partial charge in [-0.05, 0) is 0 Å². The first-order valence-electron chi connectivity index (χ1n) is 22.4. The molecule has 4 heterocycles. The predicted molar refractivity (Wildman–Crippen MR) is 285 cm³/mol. The van der Waals surface area contributed by atoms with Gasteiger partial charge in [0.25, 0.3) is 0 Å². The van der Waals surface area contributed by atoms with E-state index in [2.05, 4.69) is 211 Å². The molecular formula is C58H52N2OSe2Si2. The predicted octanol–water partition coefficient (Wildman–Crippen LogP) is 14.4. The van der Waals surface area contributed by atoms with Gasteiger partial charge in [-0.2, -0.15) is 0 Å². The maximum absolute atomic E-state index is 7.10. The summed E-state index contributed by atoms with van der Waals surface area (Å²) in [6, 6.07) is 57.8. The number of rotatable bonds is 10. The van der Waals surface area contributed by atoms with E-state index in [9.17, 15) is 0 Å². The van der Waals surface area contributed by atoms with E-state index in [0.29, 0.717) is 0 Å². The van der Waals surface area contributed by atoms with Gasteiger partial charge in [-0.15, -0.1) is 0 Å². The molecule has 0 radical (unpaired) electrons. The fraction of sp³-hybridized carbons (Fsp3) is 0.138. The monoisotopic (exact) mass is 1010 g/mol. The summed E-state index contributed by atoms with van der Waals surface area (Å²) in [6.45, 7) is 19.1. The number of aromatic nitrogens is 2. The Morgan fingerprint density at radius 1 is 0.446 bits per heavy atom. The van der Waals surface area contributed by atoms with Gasteiger partial charge in [-0.25, -0.2) is 0 Å². The third kappa shape index (κ3) is 8.78. The third-order valence-electron chi connectivity index (χ3n) is 12.4. The number of benzene rings is 6. The fourth-order valence-electron chi connectivity index (χ4n) is 9.04. The van der Waals surface area contributed by atoms with Gasteiger partial charge in [-0.1, -0.05) is 0 Å². The first-order chi connectivity index (χ1) is 31.3. The molecule has 4 aromatic heterocycles. The molecule has 0 unspecified atom stereocenters. The van der Waals surface area contributed by atoms with E-state index in [1.807, 2.05) is 12.4 Å². The quantitative estimate of drug-likeness (QED) is 0.128. The molecule has 0 aliphatic rings. The minimum absolute atomic E-state index is 0.0851. The molecule has 0 atom stereocenters. The van der Waals surface area contributed by atoms with Crippen molar-refractivity contribution in [2.45, 2.75) is 53.1 Å². The molecule has 0 spiro atoms. The third-order valence-corrected chi connectivity index (χ3v) is 22.1. The van der Waals surface area contributed by atoms with Crippen LogP contribution in [-0.4, -0.2) is 55.1 Å². The number of hydrogen-bond acceptors (Lipinski definition) is 3. The molecule has 0 saturated heterocycles. The molecule has 65 heavy (non-hydrogen) atoms. The van der Waals surface area contributed by atoms with E-state index < -0.39 is 16.1 Å². The molecule has 0 bridgehead atoms. The molecule has 0 N–H and O–H groups in total. The number of pyridine rings is 2. The van der Waals surface area contributed by atoms with Gasteiger partial charge in [0.05, 0.1) is 0 Å². The Hall–Kier alpha value is -5.63. The van der Waals surface area contributed by atoms with Crippen LogP contribution in [0.25, 0.3) is 84.1 Å². The summed E-state index contributed by atoms with van der Waals surface area (Å²) >= 11 is 0.172. The van der Waals surface area contributed by atoms with Gasteiger partial charge in [0, 0.05) is 0 Å². The van der Waals surface area contributed by atoms with E-state index in [1.165, 1.54) is 60.8 Å². The van der Waals surface area contributed by atoms with Crippen molar-refractivity contribution >= 4 is 74.8 Å². The second-order valence-corrected chi connectivity index (χ2v) is 33.7. The van der Waals surface area contributed by atoms with E-state index in [1.54, 1.807) is 0 Å². The van der Waals surface area contributed by atoms with E-state index in [-0.39, 0.29) is 29.0 Å². The van der Waals surface area contributed by atoms with Gasteiger partial charge < -0.3 is 0 Å². The Morgan fingerprint density at radius 3 is 1.57 bits per heavy atom. The molecule has 320 valence electrons. The summed E-state index contributed by atoms with van der Waals surface area (Å²) in [5, 5.41) is 5.57. The molecular weight excluding hydrogens is 955 g/mol. The van der Waals surface area contributed by atoms with Crippen LogP contribution < -0.4 is 15.1 Å². The molecule has 0 saturated carbocycles. The summed E-state index contributed by atoms with van der Waals surface area (Å²) in [5.74, 6) is 1.54. The molecule has 0 fully saturated rings. The van der Waals surface area contributed by atoms with Crippen LogP contribution in [0.4, 0.5) is 0 Å². The van der Waals surface area contributed by atoms with Crippen molar-refractivity contribution in [2.24, 2.45) is 0 Å². The second-order valence-electron chi connectivity index (χ2n) is 19.2.